The Labute approximate surface area is 202 Å². The molecule has 0 aliphatic carbocycles. The molecule has 2 aromatic rings. The number of benzene rings is 1. The number of halogens is 2. The van der Waals surface area contributed by atoms with E-state index < -0.39 is 11.8 Å². The molecule has 1 aliphatic rings. The lowest BCUT2D eigenvalue weighted by Gasteiger charge is -2.40. The van der Waals surface area contributed by atoms with Gasteiger partial charge in [-0.25, -0.2) is 14.2 Å². The quantitative estimate of drug-likeness (QED) is 0.474. The first-order chi connectivity index (χ1) is 16.2. The van der Waals surface area contributed by atoms with Gasteiger partial charge in [-0.15, -0.1) is 0 Å². The van der Waals surface area contributed by atoms with Crippen LogP contribution in [0.15, 0.2) is 59.9 Å². The second-order valence-electron chi connectivity index (χ2n) is 7.88. The number of carbonyl (C=O) groups is 1. The second-order valence-corrected chi connectivity index (χ2v) is 8.29. The molecule has 2 atom stereocenters. The van der Waals surface area contributed by atoms with Gasteiger partial charge in [-0.05, 0) is 37.6 Å². The van der Waals surface area contributed by atoms with Crippen molar-refractivity contribution in [3.8, 4) is 0 Å². The van der Waals surface area contributed by atoms with Gasteiger partial charge in [0, 0.05) is 42.0 Å². The van der Waals surface area contributed by atoms with E-state index in [4.69, 9.17) is 22.1 Å². The van der Waals surface area contributed by atoms with Crippen LogP contribution >= 0.6 is 11.6 Å². The first-order valence-corrected chi connectivity index (χ1v) is 11.1. The van der Waals surface area contributed by atoms with Crippen LogP contribution in [0.1, 0.15) is 36.2 Å². The number of aromatic nitrogens is 1. The summed E-state index contributed by atoms with van der Waals surface area (Å²) in [6.45, 7) is 8.98. The molecule has 2 heterocycles. The number of morpholine rings is 1. The Balaban J connectivity index is 1.98. The number of pyridine rings is 1. The Hall–Kier alpha value is -3.43. The van der Waals surface area contributed by atoms with E-state index >= 15 is 0 Å². The molecule has 180 valence electrons. The molecule has 4 N–H and O–H groups in total. The van der Waals surface area contributed by atoms with Gasteiger partial charge in [-0.2, -0.15) is 0 Å². The molecule has 34 heavy (non-hydrogen) atoms. The molecule has 8 nitrogen and oxygen atoms in total. The van der Waals surface area contributed by atoms with Crippen LogP contribution in [-0.4, -0.2) is 52.5 Å². The number of anilines is 1. The van der Waals surface area contributed by atoms with E-state index in [1.807, 2.05) is 18.7 Å². The monoisotopic (exact) mass is 487 g/mol. The highest BCUT2D eigenvalue weighted by Crippen LogP contribution is 2.25. The highest BCUT2D eigenvalue weighted by Gasteiger charge is 2.28. The number of hydrogen-bond donors (Lipinski definition) is 3. The van der Waals surface area contributed by atoms with Crippen molar-refractivity contribution in [2.75, 3.05) is 18.5 Å². The molecule has 0 amide bonds. The van der Waals surface area contributed by atoms with Gasteiger partial charge in [0.2, 0.25) is 0 Å². The zero-order valence-electron chi connectivity index (χ0n) is 19.0. The Morgan fingerprint density at radius 3 is 2.85 bits per heavy atom. The van der Waals surface area contributed by atoms with Crippen LogP contribution in [0.25, 0.3) is 5.57 Å². The Morgan fingerprint density at radius 1 is 1.44 bits per heavy atom. The number of carboxylic acids is 1. The van der Waals surface area contributed by atoms with Gasteiger partial charge < -0.3 is 25.8 Å². The van der Waals surface area contributed by atoms with Gasteiger partial charge in [-0.1, -0.05) is 25.1 Å². The number of rotatable bonds is 8. The average molecular weight is 488 g/mol. The summed E-state index contributed by atoms with van der Waals surface area (Å²) in [6, 6.07) is 5.71. The molecule has 1 aromatic heterocycles. The molecule has 1 fully saturated rings. The lowest BCUT2D eigenvalue weighted by Crippen LogP contribution is -2.49. The van der Waals surface area contributed by atoms with Crippen LogP contribution in [0.5, 0.6) is 0 Å². The zero-order valence-corrected chi connectivity index (χ0v) is 19.7. The highest BCUT2D eigenvalue weighted by atomic mass is 35.5. The first kappa shape index (κ1) is 25.2. The largest absolute Gasteiger partial charge is 0.478 e. The maximum absolute atomic E-state index is 13.4. The van der Waals surface area contributed by atoms with Gasteiger partial charge >= 0.3 is 5.97 Å². The summed E-state index contributed by atoms with van der Waals surface area (Å²) in [7, 11) is 0. The van der Waals surface area contributed by atoms with Crippen molar-refractivity contribution in [1.82, 2.24) is 9.88 Å². The zero-order chi connectivity index (χ0) is 24.8. The van der Waals surface area contributed by atoms with Gasteiger partial charge in [0.05, 0.1) is 29.3 Å². The first-order valence-electron chi connectivity index (χ1n) is 10.7. The summed E-state index contributed by atoms with van der Waals surface area (Å²) in [4.78, 5) is 22.0. The lowest BCUT2D eigenvalue weighted by molar-refractivity contribution is -0.0420. The number of hydrogen-bond acceptors (Lipinski definition) is 7. The molecule has 3 rings (SSSR count). The van der Waals surface area contributed by atoms with E-state index in [9.17, 15) is 14.3 Å². The van der Waals surface area contributed by atoms with Crippen LogP contribution in [0, 0.1) is 5.82 Å². The second kappa shape index (κ2) is 11.1. The third-order valence-corrected chi connectivity index (χ3v) is 5.67. The number of nitrogens with zero attached hydrogens (tertiary/aromatic N) is 3. The van der Waals surface area contributed by atoms with Crippen LogP contribution in [-0.2, 0) is 4.74 Å². The van der Waals surface area contributed by atoms with Gasteiger partial charge in [-0.3, -0.25) is 4.98 Å². The maximum Gasteiger partial charge on any atom is 0.337 e. The molecule has 2 unspecified atom stereocenters. The van der Waals surface area contributed by atoms with Gasteiger partial charge in [0.15, 0.2) is 0 Å². The number of allylic oxidation sites excluding steroid dienone is 1. The minimum atomic E-state index is -1.10. The summed E-state index contributed by atoms with van der Waals surface area (Å²) in [6.07, 6.45) is 5.08. The van der Waals surface area contributed by atoms with Gasteiger partial charge in [0.1, 0.15) is 17.5 Å². The molecular formula is C24H27ClFN5O3. The summed E-state index contributed by atoms with van der Waals surface area (Å²) in [5, 5.41) is 12.3. The summed E-state index contributed by atoms with van der Waals surface area (Å²) < 4.78 is 19.2. The number of carboxylic acid groups (broad SMARTS) is 1. The Bertz CT molecular complexity index is 1140. The standard InChI is InChI=1S/C24H27ClFN5O3/c1-4-19-13-34-14(2)12-31(19)23(27)20(16-7-17(24(32)33)10-28-9-16)11-29-15(3)30-18-5-6-22(26)21(25)8-18/h5-11,14,19,30H,3-4,12-13,27H2,1-2H3,(H,32,33)/b23-20-,29-11-. The molecule has 0 spiro atoms. The van der Waals surface area contributed by atoms with Crippen molar-refractivity contribution in [2.45, 2.75) is 32.4 Å². The van der Waals surface area contributed by atoms with Crippen molar-refractivity contribution in [3.63, 3.8) is 0 Å². The number of aliphatic imine (C=N–C) groups is 1. The Morgan fingerprint density at radius 2 is 2.18 bits per heavy atom. The smallest absolute Gasteiger partial charge is 0.337 e. The van der Waals surface area contributed by atoms with Crippen molar-refractivity contribution in [2.24, 2.45) is 10.7 Å². The minimum Gasteiger partial charge on any atom is -0.478 e. The van der Waals surface area contributed by atoms with Crippen LogP contribution in [0.2, 0.25) is 5.02 Å². The molecule has 1 aliphatic heterocycles. The van der Waals surface area contributed by atoms with Crippen molar-refractivity contribution in [3.05, 3.63) is 76.8 Å². The molecule has 0 saturated carbocycles. The maximum atomic E-state index is 13.4. The van der Waals surface area contributed by atoms with Crippen LogP contribution in [0.3, 0.4) is 0 Å². The van der Waals surface area contributed by atoms with Crippen molar-refractivity contribution >= 4 is 35.0 Å². The SMILES string of the molecule is C=C(/N=C\C(=C(/N)N1CC(C)OCC1CC)c1cncc(C(=O)O)c1)Nc1ccc(F)c(Cl)c1. The van der Waals surface area contributed by atoms with E-state index in [0.717, 1.165) is 6.42 Å². The van der Waals surface area contributed by atoms with E-state index in [0.29, 0.717) is 35.8 Å². The predicted molar refractivity (Wildman–Crippen MR) is 131 cm³/mol. The number of ether oxygens (including phenoxy) is 1. The lowest BCUT2D eigenvalue weighted by atomic mass is 10.0. The van der Waals surface area contributed by atoms with E-state index in [1.165, 1.54) is 42.9 Å². The fraction of sp³-hybridized carbons (Fsp3) is 0.292. The average Bonchev–Trinajstić information content (AvgIpc) is 2.81. The molecule has 0 bridgehead atoms. The molecule has 1 aromatic carbocycles. The van der Waals surface area contributed by atoms with E-state index in [1.54, 1.807) is 0 Å². The fourth-order valence-corrected chi connectivity index (χ4v) is 3.72. The minimum absolute atomic E-state index is 0.0245. The van der Waals surface area contributed by atoms with Crippen LogP contribution < -0.4 is 11.1 Å². The predicted octanol–water partition coefficient (Wildman–Crippen LogP) is 4.35. The Kier molecular flexibility index (Phi) is 8.25. The molecular weight excluding hydrogens is 461 g/mol. The third kappa shape index (κ3) is 6.12. The summed E-state index contributed by atoms with van der Waals surface area (Å²) in [5.74, 6) is -0.962. The van der Waals surface area contributed by atoms with E-state index in [2.05, 4.69) is 21.9 Å². The number of aromatic carboxylic acids is 1. The molecule has 0 radical (unpaired) electrons. The van der Waals surface area contributed by atoms with E-state index in [-0.39, 0.29) is 28.6 Å². The topological polar surface area (TPSA) is 113 Å². The highest BCUT2D eigenvalue weighted by molar-refractivity contribution is 6.31. The van der Waals surface area contributed by atoms with Crippen molar-refractivity contribution < 1.29 is 19.0 Å². The number of nitrogens with one attached hydrogen (secondary N) is 1. The molecule has 1 saturated heterocycles. The van der Waals surface area contributed by atoms with Gasteiger partial charge in [0.25, 0.3) is 0 Å². The third-order valence-electron chi connectivity index (χ3n) is 5.38. The molecule has 10 heteroatoms. The summed E-state index contributed by atoms with van der Waals surface area (Å²) in [5.41, 5.74) is 8.14. The van der Waals surface area contributed by atoms with Crippen molar-refractivity contribution in [1.29, 1.82) is 0 Å². The fourth-order valence-electron chi connectivity index (χ4n) is 3.54. The normalized spacial score (nSPS) is 19.1. The number of nitrogens with two attached hydrogens (primary N) is 1. The van der Waals surface area contributed by atoms with Crippen LogP contribution in [0.4, 0.5) is 10.1 Å². The summed E-state index contributed by atoms with van der Waals surface area (Å²) >= 11 is 5.83.